The largest absolute Gasteiger partial charge is 0.480 e. The van der Waals surface area contributed by atoms with Crippen LogP contribution in [0.5, 0.6) is 5.88 Å². The minimum Gasteiger partial charge on any atom is -0.480 e. The van der Waals surface area contributed by atoms with Crippen molar-refractivity contribution >= 4 is 17.2 Å². The highest BCUT2D eigenvalue weighted by Gasteiger charge is 2.28. The summed E-state index contributed by atoms with van der Waals surface area (Å²) in [6.07, 6.45) is 6.75. The summed E-state index contributed by atoms with van der Waals surface area (Å²) >= 11 is 0. The first kappa shape index (κ1) is 21.3. The van der Waals surface area contributed by atoms with E-state index in [0.717, 1.165) is 72.6 Å². The maximum absolute atomic E-state index is 11.4. The molecule has 1 aliphatic rings. The molecule has 4 aromatic rings. The van der Waals surface area contributed by atoms with Gasteiger partial charge in [-0.3, -0.25) is 9.80 Å². The molecule has 0 radical (unpaired) electrons. The van der Waals surface area contributed by atoms with Crippen LogP contribution in [0.2, 0.25) is 0 Å². The summed E-state index contributed by atoms with van der Waals surface area (Å²) < 4.78 is 10.7. The van der Waals surface area contributed by atoms with Gasteiger partial charge in [-0.1, -0.05) is 18.2 Å². The normalized spacial score (nSPS) is 17.8. The molecule has 0 saturated carbocycles. The van der Waals surface area contributed by atoms with Crippen molar-refractivity contribution in [2.24, 2.45) is 0 Å². The maximum atomic E-state index is 11.4. The molecule has 1 fully saturated rings. The van der Waals surface area contributed by atoms with Crippen LogP contribution in [-0.2, 0) is 11.3 Å². The molecule has 0 bridgehead atoms. The van der Waals surface area contributed by atoms with Gasteiger partial charge in [0.2, 0.25) is 5.88 Å². The smallest absolute Gasteiger partial charge is 0.223 e. The molecule has 4 heterocycles. The van der Waals surface area contributed by atoms with E-state index in [4.69, 9.17) is 14.1 Å². The summed E-state index contributed by atoms with van der Waals surface area (Å²) in [5.41, 5.74) is 3.49. The van der Waals surface area contributed by atoms with Crippen molar-refractivity contribution < 1.29 is 13.9 Å². The molecular formula is C24H26N6O3. The number of rotatable bonds is 7. The fourth-order valence-electron chi connectivity index (χ4n) is 4.44. The predicted molar refractivity (Wildman–Crippen MR) is 123 cm³/mol. The molecule has 3 aromatic heterocycles. The fourth-order valence-corrected chi connectivity index (χ4v) is 4.44. The summed E-state index contributed by atoms with van der Waals surface area (Å²) in [6, 6.07) is 10.0. The number of para-hydroxylation sites is 1. The van der Waals surface area contributed by atoms with Gasteiger partial charge in [0.1, 0.15) is 18.4 Å². The third kappa shape index (κ3) is 4.50. The predicted octanol–water partition coefficient (Wildman–Crippen LogP) is 3.07. The third-order valence-electron chi connectivity index (χ3n) is 6.12. The van der Waals surface area contributed by atoms with Crippen molar-refractivity contribution in [3.05, 3.63) is 60.7 Å². The van der Waals surface area contributed by atoms with Crippen LogP contribution in [-0.4, -0.2) is 69.3 Å². The molecule has 9 heteroatoms. The van der Waals surface area contributed by atoms with Gasteiger partial charge in [-0.05, 0) is 18.6 Å². The second-order valence-corrected chi connectivity index (χ2v) is 8.14. The zero-order valence-corrected chi connectivity index (χ0v) is 18.5. The van der Waals surface area contributed by atoms with Gasteiger partial charge in [0.25, 0.3) is 0 Å². The van der Waals surface area contributed by atoms with E-state index in [9.17, 15) is 4.79 Å². The van der Waals surface area contributed by atoms with Crippen LogP contribution < -0.4 is 4.74 Å². The summed E-state index contributed by atoms with van der Waals surface area (Å²) in [5, 5.41) is 1.03. The van der Waals surface area contributed by atoms with E-state index in [1.807, 2.05) is 30.5 Å². The summed E-state index contributed by atoms with van der Waals surface area (Å²) in [4.78, 5) is 33.0. The van der Waals surface area contributed by atoms with E-state index < -0.39 is 0 Å². The van der Waals surface area contributed by atoms with Gasteiger partial charge in [0, 0.05) is 31.6 Å². The van der Waals surface area contributed by atoms with Crippen molar-refractivity contribution in [1.82, 2.24) is 29.7 Å². The van der Waals surface area contributed by atoms with Crippen LogP contribution >= 0.6 is 0 Å². The number of hydrogen-bond acceptors (Lipinski definition) is 8. The highest BCUT2D eigenvalue weighted by molar-refractivity contribution is 5.85. The Bertz CT molecular complexity index is 1220. The van der Waals surface area contributed by atoms with E-state index in [-0.39, 0.29) is 6.04 Å². The number of imidazole rings is 1. The number of nitrogens with one attached hydrogen (secondary N) is 1. The Morgan fingerprint density at radius 3 is 2.97 bits per heavy atom. The number of H-pyrrole nitrogens is 1. The second-order valence-electron chi connectivity index (χ2n) is 8.14. The number of methoxy groups -OCH3 is 1. The molecule has 1 N–H and O–H groups in total. The third-order valence-corrected chi connectivity index (χ3v) is 6.12. The molecule has 1 aliphatic heterocycles. The van der Waals surface area contributed by atoms with Crippen LogP contribution in [0.15, 0.2) is 53.6 Å². The minimum absolute atomic E-state index is 0.00525. The Morgan fingerprint density at radius 1 is 1.24 bits per heavy atom. The van der Waals surface area contributed by atoms with Crippen LogP contribution in [0.3, 0.4) is 0 Å². The lowest BCUT2D eigenvalue weighted by molar-refractivity contribution is -0.109. The van der Waals surface area contributed by atoms with Gasteiger partial charge in [-0.25, -0.2) is 15.0 Å². The molecule has 1 atom stereocenters. The molecule has 1 saturated heterocycles. The van der Waals surface area contributed by atoms with Crippen LogP contribution in [0.1, 0.15) is 24.0 Å². The average Bonchev–Trinajstić information content (AvgIpc) is 3.50. The highest BCUT2D eigenvalue weighted by atomic mass is 16.5. The molecule has 5 rings (SSSR count). The number of aromatic amines is 1. The number of nitrogens with zero attached hydrogens (tertiary/aromatic N) is 5. The first-order valence-electron chi connectivity index (χ1n) is 11.0. The highest BCUT2D eigenvalue weighted by Crippen LogP contribution is 2.32. The van der Waals surface area contributed by atoms with Crippen molar-refractivity contribution in [2.45, 2.75) is 19.0 Å². The van der Waals surface area contributed by atoms with Crippen molar-refractivity contribution in [3.8, 4) is 17.1 Å². The monoisotopic (exact) mass is 446 g/mol. The average molecular weight is 447 g/mol. The summed E-state index contributed by atoms with van der Waals surface area (Å²) in [6.45, 7) is 3.55. The number of fused-ring (bicyclic) bond motifs is 1. The van der Waals surface area contributed by atoms with Gasteiger partial charge >= 0.3 is 0 Å². The molecule has 1 unspecified atom stereocenters. The van der Waals surface area contributed by atoms with Crippen LogP contribution in [0.25, 0.3) is 22.2 Å². The van der Waals surface area contributed by atoms with E-state index in [0.29, 0.717) is 12.4 Å². The van der Waals surface area contributed by atoms with E-state index in [1.165, 1.54) is 6.39 Å². The number of aldehydes is 1. The van der Waals surface area contributed by atoms with Crippen molar-refractivity contribution in [3.63, 3.8) is 0 Å². The molecule has 170 valence electrons. The Hall–Kier alpha value is -3.56. The Morgan fingerprint density at radius 2 is 2.15 bits per heavy atom. The van der Waals surface area contributed by atoms with Gasteiger partial charge in [0.05, 0.1) is 48.4 Å². The van der Waals surface area contributed by atoms with Gasteiger partial charge in [-0.15, -0.1) is 0 Å². The number of carbonyl (C=O) groups excluding carboxylic acids is 1. The zero-order chi connectivity index (χ0) is 22.6. The topological polar surface area (TPSA) is 100 Å². The zero-order valence-electron chi connectivity index (χ0n) is 18.5. The van der Waals surface area contributed by atoms with E-state index >= 15 is 0 Å². The van der Waals surface area contributed by atoms with Crippen LogP contribution in [0, 0.1) is 0 Å². The standard InChI is InChI=1S/C24H26N6O3/c1-32-24-19(12-17-4-2-3-5-20(17)28-24)21-13-25-23(27-21)22-6-7-29(8-9-30(22)10-11-31)14-18-15-33-16-26-18/h2-5,11-13,15-16,22H,6-10,14H2,1H3,(H,25,27). The number of aromatic nitrogens is 4. The van der Waals surface area contributed by atoms with E-state index in [1.54, 1.807) is 13.4 Å². The fraction of sp³-hybridized carbons (Fsp3) is 0.333. The molecule has 0 spiro atoms. The number of pyridine rings is 1. The molecular weight excluding hydrogens is 420 g/mol. The number of hydrogen-bond donors (Lipinski definition) is 1. The van der Waals surface area contributed by atoms with E-state index in [2.05, 4.69) is 30.8 Å². The molecule has 0 aliphatic carbocycles. The number of carbonyl (C=O) groups is 1. The van der Waals surface area contributed by atoms with Crippen molar-refractivity contribution in [1.29, 1.82) is 0 Å². The molecule has 0 amide bonds. The molecule has 33 heavy (non-hydrogen) atoms. The van der Waals surface area contributed by atoms with Gasteiger partial charge < -0.3 is 18.9 Å². The second kappa shape index (κ2) is 9.51. The number of oxazole rings is 1. The summed E-state index contributed by atoms with van der Waals surface area (Å²) in [5.74, 6) is 1.39. The molecule has 1 aromatic carbocycles. The lowest BCUT2D eigenvalue weighted by Gasteiger charge is -2.25. The Balaban J connectivity index is 1.41. The number of ether oxygens (including phenoxy) is 1. The lowest BCUT2D eigenvalue weighted by atomic mass is 10.1. The summed E-state index contributed by atoms with van der Waals surface area (Å²) in [7, 11) is 1.62. The minimum atomic E-state index is 0.00525. The molecule has 9 nitrogen and oxygen atoms in total. The Kier molecular flexibility index (Phi) is 6.14. The van der Waals surface area contributed by atoms with Crippen molar-refractivity contribution in [2.75, 3.05) is 33.3 Å². The lowest BCUT2D eigenvalue weighted by Crippen LogP contribution is -2.33. The quantitative estimate of drug-likeness (QED) is 0.432. The number of benzene rings is 1. The SMILES string of the molecule is COc1nc2ccccc2cc1-c1cnc(C2CCN(Cc3cocn3)CCN2CC=O)[nH]1. The first-order chi connectivity index (χ1) is 16.2. The van der Waals surface area contributed by atoms with Gasteiger partial charge in [0.15, 0.2) is 6.39 Å². The Labute approximate surface area is 191 Å². The maximum Gasteiger partial charge on any atom is 0.223 e. The van der Waals surface area contributed by atoms with Crippen LogP contribution in [0.4, 0.5) is 0 Å². The van der Waals surface area contributed by atoms with Gasteiger partial charge in [-0.2, -0.15) is 0 Å². The first-order valence-corrected chi connectivity index (χ1v) is 11.0.